The van der Waals surface area contributed by atoms with Crippen molar-refractivity contribution >= 4 is 13.3 Å². The Labute approximate surface area is 57.7 Å². The van der Waals surface area contributed by atoms with Crippen molar-refractivity contribution in [3.05, 3.63) is 0 Å². The van der Waals surface area contributed by atoms with Crippen molar-refractivity contribution in [3.8, 4) is 0 Å². The Hall–Kier alpha value is -0.460. The summed E-state index contributed by atoms with van der Waals surface area (Å²) in [6.07, 6.45) is 0. The maximum Gasteiger partial charge on any atom is 0.334 e. The van der Waals surface area contributed by atoms with Crippen LogP contribution in [0.15, 0.2) is 0 Å². The van der Waals surface area contributed by atoms with Crippen LogP contribution in [0.5, 0.6) is 0 Å². The molecule has 0 aliphatic carbocycles. The predicted molar refractivity (Wildman–Crippen MR) is 32.0 cm³/mol. The van der Waals surface area contributed by atoms with E-state index in [0.717, 1.165) is 7.11 Å². The van der Waals surface area contributed by atoms with Crippen molar-refractivity contribution < 1.29 is 23.9 Å². The van der Waals surface area contributed by atoms with Crippen molar-refractivity contribution in [3.63, 3.8) is 0 Å². The number of rotatable bonds is 1. The van der Waals surface area contributed by atoms with Crippen LogP contribution in [-0.2, 0) is 9.30 Å². The number of methoxy groups -OCH3 is 1. The third-order valence-electron chi connectivity index (χ3n) is 0.398. The summed E-state index contributed by atoms with van der Waals surface area (Å²) < 4.78 is 13.1. The van der Waals surface area contributed by atoms with E-state index in [4.69, 9.17) is 0 Å². The molecular weight excluding hydrogens is 163 g/mol. The van der Waals surface area contributed by atoms with Gasteiger partial charge in [-0.3, -0.25) is 0 Å². The second kappa shape index (κ2) is 5.33. The van der Waals surface area contributed by atoms with Crippen LogP contribution in [0, 0.1) is 0 Å². The van der Waals surface area contributed by atoms with Gasteiger partial charge in [-0.05, 0) is 0 Å². The minimum absolute atomic E-state index is 0. The minimum atomic E-state index is -5.12. The molecule has 0 aromatic rings. The number of hydrogen-bond donors (Lipinski definition) is 2. The standard InChI is InChI=1S/C2H5O5P.2H3N/c1-7-2(3)8(4,5)6;;/h1H3,(H2,4,5,6);2*1H3. The summed E-state index contributed by atoms with van der Waals surface area (Å²) in [5, 5.41) is 0. The Kier molecular flexibility index (Phi) is 8.68. The molecule has 0 amide bonds. The first-order valence-corrected chi connectivity index (χ1v) is 3.13. The van der Waals surface area contributed by atoms with Crippen molar-refractivity contribution in [2.75, 3.05) is 7.11 Å². The molecule has 8 N–H and O–H groups in total. The maximum absolute atomic E-state index is 9.72. The van der Waals surface area contributed by atoms with E-state index in [2.05, 4.69) is 4.74 Å². The van der Waals surface area contributed by atoms with Crippen LogP contribution in [0.25, 0.3) is 0 Å². The number of ether oxygens (including phenoxy) is 1. The van der Waals surface area contributed by atoms with Gasteiger partial charge in [-0.1, -0.05) is 0 Å². The molecule has 0 unspecified atom stereocenters. The minimum Gasteiger partial charge on any atom is -0.803 e. The second-order valence-corrected chi connectivity index (χ2v) is 2.33. The van der Waals surface area contributed by atoms with Gasteiger partial charge in [0.25, 0.3) is 0 Å². The fourth-order valence-corrected chi connectivity index (χ4v) is 0.335. The third-order valence-corrected chi connectivity index (χ3v) is 1.03. The summed E-state index contributed by atoms with van der Waals surface area (Å²) in [5.41, 5.74) is -1.72. The van der Waals surface area contributed by atoms with Crippen LogP contribution < -0.4 is 22.1 Å². The summed E-state index contributed by atoms with van der Waals surface area (Å²) in [6, 6.07) is 0. The third kappa shape index (κ3) is 5.67. The Balaban J connectivity index is -0.000000245. The van der Waals surface area contributed by atoms with Gasteiger partial charge in [-0.2, -0.15) is 0 Å². The summed E-state index contributed by atoms with van der Waals surface area (Å²) in [5.74, 6) is 0. The molecule has 0 aliphatic heterocycles. The average molecular weight is 174 g/mol. The van der Waals surface area contributed by atoms with E-state index in [9.17, 15) is 19.1 Å². The van der Waals surface area contributed by atoms with Crippen molar-refractivity contribution in [1.29, 1.82) is 0 Å². The molecule has 8 heteroatoms. The van der Waals surface area contributed by atoms with E-state index in [0.29, 0.717) is 0 Å². The lowest BCUT2D eigenvalue weighted by Gasteiger charge is -2.24. The molecule has 0 heterocycles. The van der Waals surface area contributed by atoms with Crippen LogP contribution in [0.3, 0.4) is 0 Å². The van der Waals surface area contributed by atoms with Gasteiger partial charge in [-0.25, -0.2) is 4.79 Å². The zero-order valence-corrected chi connectivity index (χ0v) is 6.88. The first-order chi connectivity index (χ1) is 3.48. The predicted octanol–water partition coefficient (Wildman–Crippen LogP) is -0.581. The Morgan fingerprint density at radius 1 is 1.40 bits per heavy atom. The van der Waals surface area contributed by atoms with Gasteiger partial charge in [-0.15, -0.1) is 0 Å². The quantitative estimate of drug-likeness (QED) is 0.507. The molecule has 0 bridgehead atoms. The number of carbonyl (C=O) groups is 1. The topological polar surface area (TPSA) is 162 Å². The van der Waals surface area contributed by atoms with E-state index in [1.54, 1.807) is 0 Å². The van der Waals surface area contributed by atoms with Crippen LogP contribution in [0.4, 0.5) is 4.79 Å². The van der Waals surface area contributed by atoms with E-state index in [-0.39, 0.29) is 12.3 Å². The monoisotopic (exact) mass is 174 g/mol. The zero-order chi connectivity index (χ0) is 6.78. The molecule has 7 nitrogen and oxygen atoms in total. The highest BCUT2D eigenvalue weighted by molar-refractivity contribution is 7.66. The molecule has 0 saturated heterocycles. The summed E-state index contributed by atoms with van der Waals surface area (Å²) in [6.45, 7) is 0. The Morgan fingerprint density at radius 2 is 1.70 bits per heavy atom. The highest BCUT2D eigenvalue weighted by Gasteiger charge is 2.02. The summed E-state index contributed by atoms with van der Waals surface area (Å²) in [4.78, 5) is 28.8. The lowest BCUT2D eigenvalue weighted by molar-refractivity contribution is -0.309. The molecule has 0 saturated carbocycles. The van der Waals surface area contributed by atoms with Gasteiger partial charge >= 0.3 is 5.71 Å². The molecule has 0 aromatic heterocycles. The van der Waals surface area contributed by atoms with E-state index in [1.165, 1.54) is 0 Å². The zero-order valence-electron chi connectivity index (χ0n) is 5.99. The van der Waals surface area contributed by atoms with E-state index in [1.807, 2.05) is 0 Å². The number of quaternary nitrogens is 2. The molecule has 0 aromatic carbocycles. The Morgan fingerprint density at radius 3 is 1.70 bits per heavy atom. The highest BCUT2D eigenvalue weighted by Crippen LogP contribution is 2.24. The van der Waals surface area contributed by atoms with E-state index < -0.39 is 13.3 Å². The van der Waals surface area contributed by atoms with Crippen LogP contribution in [0.2, 0.25) is 0 Å². The number of hydrogen-bond acceptors (Lipinski definition) is 5. The van der Waals surface area contributed by atoms with Gasteiger partial charge in [0.2, 0.25) is 0 Å². The fraction of sp³-hybridized carbons (Fsp3) is 0.500. The molecule has 0 radical (unpaired) electrons. The highest BCUT2D eigenvalue weighted by atomic mass is 31.2. The smallest absolute Gasteiger partial charge is 0.334 e. The summed E-state index contributed by atoms with van der Waals surface area (Å²) in [7, 11) is -4.29. The fourth-order valence-electron chi connectivity index (χ4n) is 0.112. The van der Waals surface area contributed by atoms with Gasteiger partial charge in [0.1, 0.15) is 0 Å². The average Bonchev–Trinajstić information content (AvgIpc) is 1.62. The Bertz CT molecular complexity index is 141. The molecule has 0 aliphatic rings. The molecule has 0 fully saturated rings. The van der Waals surface area contributed by atoms with Crippen LogP contribution in [-0.4, -0.2) is 12.8 Å². The molecule has 0 atom stereocenters. The molecular formula is C2H11N2O5P. The van der Waals surface area contributed by atoms with Gasteiger partial charge in [0.05, 0.1) is 7.11 Å². The molecule has 0 spiro atoms. The van der Waals surface area contributed by atoms with Gasteiger partial charge in [0, 0.05) is 7.60 Å². The SMILES string of the molecule is COC(=O)P(=O)([O-])[O-].[NH4+].[NH4+]. The maximum atomic E-state index is 9.72. The van der Waals surface area contributed by atoms with Gasteiger partial charge < -0.3 is 31.4 Å². The number of carbonyl (C=O) groups excluding carboxylic acids is 1. The van der Waals surface area contributed by atoms with Crippen molar-refractivity contribution in [2.45, 2.75) is 0 Å². The van der Waals surface area contributed by atoms with Crippen molar-refractivity contribution in [2.24, 2.45) is 0 Å². The molecule has 10 heavy (non-hydrogen) atoms. The van der Waals surface area contributed by atoms with Crippen LogP contribution >= 0.6 is 7.60 Å². The first kappa shape index (κ1) is 16.3. The van der Waals surface area contributed by atoms with Crippen molar-refractivity contribution in [1.82, 2.24) is 12.3 Å². The first-order valence-electron chi connectivity index (χ1n) is 1.59. The van der Waals surface area contributed by atoms with Gasteiger partial charge in [0.15, 0.2) is 0 Å². The van der Waals surface area contributed by atoms with E-state index >= 15 is 0 Å². The molecule has 0 rings (SSSR count). The molecule has 64 valence electrons. The second-order valence-electron chi connectivity index (χ2n) is 0.967. The lowest BCUT2D eigenvalue weighted by atomic mass is 11.5. The normalized spacial score (nSPS) is 8.70. The van der Waals surface area contributed by atoms with Crippen LogP contribution in [0.1, 0.15) is 0 Å². The lowest BCUT2D eigenvalue weighted by Crippen LogP contribution is -2.21. The summed E-state index contributed by atoms with van der Waals surface area (Å²) >= 11 is 0. The largest absolute Gasteiger partial charge is 0.803 e.